The SMILES string of the molecule is Cc1cccc(C(=O)NCCCCC(NC(=O)CNC(=O)[C@@H](CCC(=O)O)NC(=O)CNC(=O)CCOCCOCCOCCNC(=O)C2CCC(C(N)=O)CC2)C(=O)O)c1. The van der Waals surface area contributed by atoms with Gasteiger partial charge in [-0.3, -0.25) is 38.4 Å². The molecule has 1 aliphatic rings. The van der Waals surface area contributed by atoms with E-state index in [4.69, 9.17) is 25.1 Å². The van der Waals surface area contributed by atoms with Gasteiger partial charge < -0.3 is 62.1 Å². The second-order valence-electron chi connectivity index (χ2n) is 14.5. The lowest BCUT2D eigenvalue weighted by atomic mass is 9.81. The number of hydrogen-bond acceptors (Lipinski definition) is 12. The Morgan fingerprint density at radius 3 is 1.90 bits per heavy atom. The van der Waals surface area contributed by atoms with Crippen molar-refractivity contribution in [1.29, 1.82) is 0 Å². The first-order valence-electron chi connectivity index (χ1n) is 20.4. The number of carboxylic acid groups (broad SMARTS) is 2. The molecular formula is C40H61N7O14. The average Bonchev–Trinajstić information content (AvgIpc) is 3.22. The molecule has 0 aliphatic heterocycles. The van der Waals surface area contributed by atoms with Crippen LogP contribution in [0.3, 0.4) is 0 Å². The van der Waals surface area contributed by atoms with Crippen LogP contribution in [0.4, 0.5) is 0 Å². The van der Waals surface area contributed by atoms with E-state index in [1.165, 1.54) is 0 Å². The minimum atomic E-state index is -1.38. The zero-order valence-corrected chi connectivity index (χ0v) is 34.6. The summed E-state index contributed by atoms with van der Waals surface area (Å²) in [6, 6.07) is 4.40. The molecule has 1 fully saturated rings. The highest BCUT2D eigenvalue weighted by atomic mass is 16.5. The number of amides is 7. The Balaban J connectivity index is 1.56. The zero-order valence-electron chi connectivity index (χ0n) is 34.6. The molecule has 1 saturated carbocycles. The van der Waals surface area contributed by atoms with Gasteiger partial charge in [-0.15, -0.1) is 0 Å². The van der Waals surface area contributed by atoms with Crippen LogP contribution in [0, 0.1) is 18.8 Å². The van der Waals surface area contributed by atoms with Gasteiger partial charge in [-0.25, -0.2) is 4.79 Å². The first-order chi connectivity index (χ1) is 29.2. The van der Waals surface area contributed by atoms with Crippen LogP contribution in [-0.2, 0) is 52.6 Å². The number of nitrogens with one attached hydrogen (secondary N) is 6. The molecular weight excluding hydrogens is 802 g/mol. The highest BCUT2D eigenvalue weighted by molar-refractivity contribution is 5.94. The molecule has 0 bridgehead atoms. The van der Waals surface area contributed by atoms with Crippen molar-refractivity contribution in [2.75, 3.05) is 65.8 Å². The summed E-state index contributed by atoms with van der Waals surface area (Å²) >= 11 is 0. The summed E-state index contributed by atoms with van der Waals surface area (Å²) in [6.07, 6.45) is 2.44. The molecule has 2 rings (SSSR count). The normalized spacial score (nSPS) is 15.6. The number of unbranched alkanes of at least 4 members (excludes halogenated alkanes) is 1. The van der Waals surface area contributed by atoms with Gasteiger partial charge >= 0.3 is 11.9 Å². The van der Waals surface area contributed by atoms with Gasteiger partial charge in [0.15, 0.2) is 0 Å². The summed E-state index contributed by atoms with van der Waals surface area (Å²) in [6.45, 7) is 2.66. The van der Waals surface area contributed by atoms with Gasteiger partial charge in [-0.1, -0.05) is 17.7 Å². The summed E-state index contributed by atoms with van der Waals surface area (Å²) in [4.78, 5) is 109. The quantitative estimate of drug-likeness (QED) is 0.0400. The molecule has 1 aromatic rings. The number of ether oxygens (including phenoxy) is 3. The van der Waals surface area contributed by atoms with E-state index in [9.17, 15) is 48.3 Å². The topological polar surface area (TPSA) is 320 Å². The molecule has 7 amide bonds. The van der Waals surface area contributed by atoms with Crippen molar-refractivity contribution >= 4 is 53.3 Å². The molecule has 21 heteroatoms. The lowest BCUT2D eigenvalue weighted by Gasteiger charge is -2.25. The van der Waals surface area contributed by atoms with Crippen molar-refractivity contribution in [1.82, 2.24) is 31.9 Å². The van der Waals surface area contributed by atoms with Crippen LogP contribution in [0.1, 0.15) is 80.1 Å². The third kappa shape index (κ3) is 23.1. The maximum atomic E-state index is 12.8. The third-order valence-electron chi connectivity index (χ3n) is 9.55. The summed E-state index contributed by atoms with van der Waals surface area (Å²) in [5, 5.41) is 33.5. The minimum absolute atomic E-state index is 0.0262. The van der Waals surface area contributed by atoms with Crippen LogP contribution in [0.15, 0.2) is 24.3 Å². The van der Waals surface area contributed by atoms with E-state index < -0.39 is 67.2 Å². The van der Waals surface area contributed by atoms with Crippen LogP contribution in [-0.4, -0.2) is 141 Å². The summed E-state index contributed by atoms with van der Waals surface area (Å²) < 4.78 is 16.2. The predicted octanol–water partition coefficient (Wildman–Crippen LogP) is -1.11. The second kappa shape index (κ2) is 29.5. The number of primary amides is 1. The number of carboxylic acids is 2. The number of hydrogen-bond donors (Lipinski definition) is 9. The molecule has 1 unspecified atom stereocenters. The van der Waals surface area contributed by atoms with Crippen molar-refractivity contribution < 1.29 is 67.6 Å². The highest BCUT2D eigenvalue weighted by Gasteiger charge is 2.29. The summed E-state index contributed by atoms with van der Waals surface area (Å²) in [5.74, 6) is -6.51. The molecule has 0 saturated heterocycles. The number of carbonyl (C=O) groups is 9. The van der Waals surface area contributed by atoms with Crippen LogP contribution < -0.4 is 37.6 Å². The molecule has 0 radical (unpaired) electrons. The van der Waals surface area contributed by atoms with Gasteiger partial charge in [0.05, 0.1) is 52.7 Å². The molecule has 1 aliphatic carbocycles. The van der Waals surface area contributed by atoms with Crippen molar-refractivity contribution in [3.8, 4) is 0 Å². The van der Waals surface area contributed by atoms with E-state index in [0.717, 1.165) is 5.56 Å². The fourth-order valence-corrected chi connectivity index (χ4v) is 6.14. The fourth-order valence-electron chi connectivity index (χ4n) is 6.14. The lowest BCUT2D eigenvalue weighted by Crippen LogP contribution is -2.52. The molecule has 0 aromatic heterocycles. The van der Waals surface area contributed by atoms with Crippen LogP contribution in [0.25, 0.3) is 0 Å². The van der Waals surface area contributed by atoms with Gasteiger partial charge in [0.25, 0.3) is 5.91 Å². The van der Waals surface area contributed by atoms with Gasteiger partial charge in [0.2, 0.25) is 35.4 Å². The molecule has 0 spiro atoms. The molecule has 1 aromatic carbocycles. The first kappa shape index (κ1) is 51.5. The van der Waals surface area contributed by atoms with Gasteiger partial charge in [-0.2, -0.15) is 0 Å². The first-order valence-corrected chi connectivity index (χ1v) is 20.4. The number of rotatable bonds is 31. The summed E-state index contributed by atoms with van der Waals surface area (Å²) in [5.41, 5.74) is 6.77. The van der Waals surface area contributed by atoms with Crippen LogP contribution in [0.5, 0.6) is 0 Å². The average molecular weight is 864 g/mol. The maximum absolute atomic E-state index is 12.8. The van der Waals surface area contributed by atoms with Gasteiger partial charge in [0, 0.05) is 43.3 Å². The Bertz CT molecular complexity index is 1620. The van der Waals surface area contributed by atoms with Crippen LogP contribution in [0.2, 0.25) is 0 Å². The lowest BCUT2D eigenvalue weighted by molar-refractivity contribution is -0.142. The smallest absolute Gasteiger partial charge is 0.326 e. The van der Waals surface area contributed by atoms with E-state index in [0.29, 0.717) is 63.8 Å². The largest absolute Gasteiger partial charge is 0.481 e. The Hall–Kier alpha value is -5.67. The Morgan fingerprint density at radius 1 is 0.672 bits per heavy atom. The third-order valence-corrected chi connectivity index (χ3v) is 9.55. The summed E-state index contributed by atoms with van der Waals surface area (Å²) in [7, 11) is 0. The van der Waals surface area contributed by atoms with Crippen LogP contribution >= 0.6 is 0 Å². The molecule has 10 N–H and O–H groups in total. The van der Waals surface area contributed by atoms with Crippen molar-refractivity contribution in [2.24, 2.45) is 17.6 Å². The van der Waals surface area contributed by atoms with Crippen molar-refractivity contribution in [3.05, 3.63) is 35.4 Å². The van der Waals surface area contributed by atoms with Crippen molar-refractivity contribution in [3.63, 3.8) is 0 Å². The standard InChI is InChI=1S/C40H61N7O14/c1-26-5-4-6-29(23-26)38(55)42-15-3-2-7-31(40(57)58)47-34(50)25-45-39(56)30(12-13-35(51)52)46-33(49)24-44-32(48)14-17-59-19-21-61-22-20-60-18-16-43-37(54)28-10-8-27(9-11-28)36(41)53/h4-6,23,27-28,30-31H,2-3,7-22,24-25H2,1H3,(H2,41,53)(H,42,55)(H,43,54)(H,44,48)(H,45,56)(H,46,49)(H,47,50)(H,51,52)(H,57,58)/t27?,28?,30-,31?/m1/s1. The van der Waals surface area contributed by atoms with Gasteiger partial charge in [0.1, 0.15) is 12.1 Å². The molecule has 2 atom stereocenters. The van der Waals surface area contributed by atoms with E-state index >= 15 is 0 Å². The van der Waals surface area contributed by atoms with E-state index in [1.807, 2.05) is 13.0 Å². The molecule has 0 heterocycles. The van der Waals surface area contributed by atoms with E-state index in [-0.39, 0.29) is 81.8 Å². The number of benzene rings is 1. The minimum Gasteiger partial charge on any atom is -0.481 e. The fraction of sp³-hybridized carbons (Fsp3) is 0.625. The number of nitrogens with two attached hydrogens (primary N) is 1. The number of carbonyl (C=O) groups excluding carboxylic acids is 7. The monoisotopic (exact) mass is 863 g/mol. The second-order valence-corrected chi connectivity index (χ2v) is 14.5. The predicted molar refractivity (Wildman–Crippen MR) is 216 cm³/mol. The van der Waals surface area contributed by atoms with E-state index in [1.54, 1.807) is 18.2 Å². The van der Waals surface area contributed by atoms with Gasteiger partial charge in [-0.05, 0) is 70.4 Å². The zero-order chi connectivity index (χ0) is 45.0. The highest BCUT2D eigenvalue weighted by Crippen LogP contribution is 2.28. The Morgan fingerprint density at radius 2 is 1.28 bits per heavy atom. The molecule has 61 heavy (non-hydrogen) atoms. The Kier molecular flexibility index (Phi) is 24.9. The van der Waals surface area contributed by atoms with E-state index in [2.05, 4.69) is 31.9 Å². The Labute approximate surface area is 354 Å². The number of aryl methyl sites for hydroxylation is 1. The maximum Gasteiger partial charge on any atom is 0.326 e. The number of aliphatic carboxylic acids is 2. The van der Waals surface area contributed by atoms with Crippen molar-refractivity contribution in [2.45, 2.75) is 83.2 Å². The molecule has 340 valence electrons. The molecule has 21 nitrogen and oxygen atoms in total.